The summed E-state index contributed by atoms with van der Waals surface area (Å²) in [5, 5.41) is 23.0. The Balaban J connectivity index is 3.38. The third kappa shape index (κ3) is 53.4. The summed E-state index contributed by atoms with van der Waals surface area (Å²) in [5.74, 6) is -0.0646. The molecule has 0 rings (SSSR count). The Morgan fingerprint density at radius 2 is 0.691 bits per heavy atom. The monoisotopic (exact) mass is 956 g/mol. The molecule has 0 aromatic rings. The lowest BCUT2D eigenvalue weighted by atomic mass is 10.0. The molecular weight excluding hydrogens is 839 g/mol. The Bertz CT molecular complexity index is 1100. The summed E-state index contributed by atoms with van der Waals surface area (Å²) < 4.78 is 5.48. The van der Waals surface area contributed by atoms with Gasteiger partial charge >= 0.3 is 5.97 Å². The average molecular weight is 957 g/mol. The molecule has 0 spiro atoms. The molecule has 0 bridgehead atoms. The van der Waals surface area contributed by atoms with E-state index >= 15 is 0 Å². The van der Waals surface area contributed by atoms with Crippen molar-refractivity contribution in [2.24, 2.45) is 0 Å². The van der Waals surface area contributed by atoms with E-state index in [9.17, 15) is 19.8 Å². The molecule has 1 amide bonds. The van der Waals surface area contributed by atoms with Crippen LogP contribution >= 0.6 is 0 Å². The molecule has 0 aliphatic carbocycles. The van der Waals surface area contributed by atoms with Crippen LogP contribution in [0.4, 0.5) is 0 Å². The van der Waals surface area contributed by atoms with E-state index in [2.05, 4.69) is 43.5 Å². The van der Waals surface area contributed by atoms with Crippen molar-refractivity contribution < 1.29 is 24.5 Å². The molecule has 0 aromatic heterocycles. The lowest BCUT2D eigenvalue weighted by molar-refractivity contribution is -0.143. The number of aliphatic hydroxyl groups is 2. The van der Waals surface area contributed by atoms with E-state index in [1.54, 1.807) is 6.08 Å². The topological polar surface area (TPSA) is 95.9 Å². The van der Waals surface area contributed by atoms with Gasteiger partial charge in [-0.2, -0.15) is 0 Å². The predicted molar refractivity (Wildman–Crippen MR) is 296 cm³/mol. The molecule has 6 heteroatoms. The van der Waals surface area contributed by atoms with Crippen LogP contribution in [0, 0.1) is 0 Å². The number of amides is 1. The minimum atomic E-state index is -0.843. The molecule has 400 valence electrons. The highest BCUT2D eigenvalue weighted by Gasteiger charge is 2.18. The molecule has 0 aliphatic rings. The van der Waals surface area contributed by atoms with E-state index in [-0.39, 0.29) is 18.5 Å². The number of aliphatic hydroxyl groups excluding tert-OH is 2. The zero-order valence-corrected chi connectivity index (χ0v) is 45.6. The van der Waals surface area contributed by atoms with Crippen molar-refractivity contribution >= 4 is 11.9 Å². The van der Waals surface area contributed by atoms with Crippen LogP contribution < -0.4 is 5.32 Å². The lowest BCUT2D eigenvalue weighted by Gasteiger charge is -2.20. The molecule has 6 nitrogen and oxygen atoms in total. The zero-order valence-electron chi connectivity index (χ0n) is 45.6. The van der Waals surface area contributed by atoms with Crippen LogP contribution in [0.15, 0.2) is 36.5 Å². The van der Waals surface area contributed by atoms with Gasteiger partial charge in [-0.3, -0.25) is 9.59 Å². The first-order valence-electron chi connectivity index (χ1n) is 30.3. The Hall–Kier alpha value is -1.92. The van der Waals surface area contributed by atoms with Crippen LogP contribution in [0.3, 0.4) is 0 Å². The molecule has 0 heterocycles. The van der Waals surface area contributed by atoms with Crippen LogP contribution in [0.25, 0.3) is 0 Å². The Labute approximate surface area is 424 Å². The average Bonchev–Trinajstić information content (AvgIpc) is 3.34. The maximum absolute atomic E-state index is 12.4. The van der Waals surface area contributed by atoms with Crippen LogP contribution in [-0.2, 0) is 14.3 Å². The van der Waals surface area contributed by atoms with E-state index in [0.717, 1.165) is 44.9 Å². The number of ether oxygens (including phenoxy) is 1. The number of hydrogen-bond donors (Lipinski definition) is 3. The summed E-state index contributed by atoms with van der Waals surface area (Å²) in [6, 6.07) is -0.627. The second-order valence-corrected chi connectivity index (χ2v) is 20.7. The van der Waals surface area contributed by atoms with Gasteiger partial charge in [0.15, 0.2) is 0 Å². The minimum absolute atomic E-state index is 0.00588. The molecule has 2 atom stereocenters. The lowest BCUT2D eigenvalue weighted by Crippen LogP contribution is -2.45. The fraction of sp³-hybridized carbons (Fsp3) is 0.871. The second kappa shape index (κ2) is 57.7. The first kappa shape index (κ1) is 66.1. The highest BCUT2D eigenvalue weighted by atomic mass is 16.5. The first-order chi connectivity index (χ1) is 33.5. The van der Waals surface area contributed by atoms with Crippen molar-refractivity contribution in [3.05, 3.63) is 36.5 Å². The summed E-state index contributed by atoms with van der Waals surface area (Å²) in [6.45, 7) is 4.88. The standard InChI is InChI=1S/C62H117NO5/c1-3-5-7-9-11-13-15-16-33-36-40-44-48-52-56-62(67)68-57-53-49-45-41-37-34-31-29-27-25-23-21-19-17-18-20-22-24-26-28-30-32-35-39-43-47-51-55-61(66)63-59(58-64)60(65)54-50-46-42-38-14-12-10-8-6-4-2/h15-18,50,54,59-60,64-65H,3-14,19-49,51-53,55-58H2,1-2H3,(H,63,66)/b16-15-,18-17-,54-50+. The van der Waals surface area contributed by atoms with Gasteiger partial charge < -0.3 is 20.3 Å². The number of rotatable bonds is 56. The molecule has 0 saturated carbocycles. The molecule has 0 saturated heterocycles. The van der Waals surface area contributed by atoms with Gasteiger partial charge in [-0.25, -0.2) is 0 Å². The summed E-state index contributed by atoms with van der Waals surface area (Å²) in [5.41, 5.74) is 0. The van der Waals surface area contributed by atoms with Gasteiger partial charge in [0.2, 0.25) is 5.91 Å². The fourth-order valence-corrected chi connectivity index (χ4v) is 9.21. The number of carbonyl (C=O) groups is 2. The maximum Gasteiger partial charge on any atom is 0.305 e. The van der Waals surface area contributed by atoms with Crippen molar-refractivity contribution in [1.82, 2.24) is 5.32 Å². The normalized spacial score (nSPS) is 12.8. The van der Waals surface area contributed by atoms with Crippen molar-refractivity contribution in [2.45, 2.75) is 334 Å². The van der Waals surface area contributed by atoms with Crippen molar-refractivity contribution in [3.8, 4) is 0 Å². The smallest absolute Gasteiger partial charge is 0.305 e. The van der Waals surface area contributed by atoms with Gasteiger partial charge in [0.1, 0.15) is 0 Å². The predicted octanol–water partition coefficient (Wildman–Crippen LogP) is 18.8. The summed E-state index contributed by atoms with van der Waals surface area (Å²) in [4.78, 5) is 24.4. The van der Waals surface area contributed by atoms with Gasteiger partial charge in [0.25, 0.3) is 0 Å². The number of nitrogens with one attached hydrogen (secondary N) is 1. The van der Waals surface area contributed by atoms with Crippen LogP contribution in [-0.4, -0.2) is 47.4 Å². The van der Waals surface area contributed by atoms with Crippen LogP contribution in [0.1, 0.15) is 322 Å². The summed E-state index contributed by atoms with van der Waals surface area (Å²) >= 11 is 0. The third-order valence-electron chi connectivity index (χ3n) is 13.9. The number of allylic oxidation sites excluding steroid dienone is 5. The number of carbonyl (C=O) groups excluding carboxylic acids is 2. The van der Waals surface area contributed by atoms with Gasteiger partial charge in [-0.1, -0.05) is 262 Å². The quantitative estimate of drug-likeness (QED) is 0.0321. The molecular formula is C62H117NO5. The highest BCUT2D eigenvalue weighted by molar-refractivity contribution is 5.76. The number of hydrogen-bond acceptors (Lipinski definition) is 5. The van der Waals surface area contributed by atoms with Gasteiger partial charge in [-0.05, 0) is 83.5 Å². The van der Waals surface area contributed by atoms with Crippen molar-refractivity contribution in [2.75, 3.05) is 13.2 Å². The number of unbranched alkanes of at least 4 members (excludes halogenated alkanes) is 41. The van der Waals surface area contributed by atoms with E-state index in [1.165, 1.54) is 250 Å². The van der Waals surface area contributed by atoms with E-state index in [1.807, 2.05) is 6.08 Å². The third-order valence-corrected chi connectivity index (χ3v) is 13.9. The molecule has 0 fully saturated rings. The Morgan fingerprint density at radius 1 is 0.397 bits per heavy atom. The van der Waals surface area contributed by atoms with E-state index in [4.69, 9.17) is 4.74 Å². The zero-order chi connectivity index (χ0) is 49.3. The second-order valence-electron chi connectivity index (χ2n) is 20.7. The Morgan fingerprint density at radius 3 is 1.04 bits per heavy atom. The van der Waals surface area contributed by atoms with Gasteiger partial charge in [0, 0.05) is 12.8 Å². The molecule has 0 aliphatic heterocycles. The van der Waals surface area contributed by atoms with Gasteiger partial charge in [-0.15, -0.1) is 0 Å². The molecule has 3 N–H and O–H groups in total. The van der Waals surface area contributed by atoms with E-state index in [0.29, 0.717) is 19.4 Å². The highest BCUT2D eigenvalue weighted by Crippen LogP contribution is 2.16. The Kier molecular flexibility index (Phi) is 56.0. The fourth-order valence-electron chi connectivity index (χ4n) is 9.21. The summed E-state index contributed by atoms with van der Waals surface area (Å²) in [6.07, 6.45) is 71.9. The summed E-state index contributed by atoms with van der Waals surface area (Å²) in [7, 11) is 0. The first-order valence-corrected chi connectivity index (χ1v) is 30.3. The maximum atomic E-state index is 12.4. The molecule has 68 heavy (non-hydrogen) atoms. The van der Waals surface area contributed by atoms with Crippen molar-refractivity contribution in [3.63, 3.8) is 0 Å². The molecule has 0 aromatic carbocycles. The van der Waals surface area contributed by atoms with Crippen LogP contribution in [0.2, 0.25) is 0 Å². The largest absolute Gasteiger partial charge is 0.466 e. The van der Waals surface area contributed by atoms with Gasteiger partial charge in [0.05, 0.1) is 25.4 Å². The molecule has 0 radical (unpaired) electrons. The van der Waals surface area contributed by atoms with Crippen molar-refractivity contribution in [1.29, 1.82) is 0 Å². The SMILES string of the molecule is CCCCCCC/C=C\CCCCCCCC(=O)OCCCCCCCCCCCCCC/C=C\CCCCCCCCCCCCCC(=O)NC(CO)C(O)/C=C/CCCCCCCCCC. The van der Waals surface area contributed by atoms with E-state index < -0.39 is 12.1 Å². The minimum Gasteiger partial charge on any atom is -0.466 e. The van der Waals surface area contributed by atoms with Crippen LogP contribution in [0.5, 0.6) is 0 Å². The molecule has 2 unspecified atom stereocenters. The number of esters is 1.